The van der Waals surface area contributed by atoms with Gasteiger partial charge in [0.25, 0.3) is 11.7 Å². The number of amides is 2. The van der Waals surface area contributed by atoms with Gasteiger partial charge in [-0.2, -0.15) is 0 Å². The summed E-state index contributed by atoms with van der Waals surface area (Å²) in [6.07, 6.45) is -12.3. The first kappa shape index (κ1) is 66.7. The molecule has 5 aromatic carbocycles. The Morgan fingerprint density at radius 1 is 0.618 bits per heavy atom. The third kappa shape index (κ3) is 18.9. The van der Waals surface area contributed by atoms with Crippen LogP contribution in [0.1, 0.15) is 77.2 Å². The molecule has 0 aliphatic carbocycles. The maximum atomic E-state index is 14.8. The van der Waals surface area contributed by atoms with Crippen LogP contribution in [0, 0.1) is 12.3 Å². The van der Waals surface area contributed by atoms with Crippen LogP contribution in [0.15, 0.2) is 146 Å². The second-order valence-electron chi connectivity index (χ2n) is 20.2. The number of esters is 8. The lowest BCUT2D eigenvalue weighted by molar-refractivity contribution is -0.338. The lowest BCUT2D eigenvalue weighted by Crippen LogP contribution is -2.70. The van der Waals surface area contributed by atoms with Gasteiger partial charge in [0.1, 0.15) is 18.3 Å². The van der Waals surface area contributed by atoms with Crippen LogP contribution in [0.25, 0.3) is 11.1 Å². The summed E-state index contributed by atoms with van der Waals surface area (Å²) in [4.78, 5) is 137. The molecule has 89 heavy (non-hydrogen) atoms. The lowest BCUT2D eigenvalue weighted by atomic mass is 9.87. The Morgan fingerprint density at radius 3 is 1.66 bits per heavy atom. The van der Waals surface area contributed by atoms with Crippen molar-refractivity contribution in [2.75, 3.05) is 33.5 Å². The highest BCUT2D eigenvalue weighted by Crippen LogP contribution is 2.39. The average Bonchev–Trinajstić information content (AvgIpc) is 0.859. The van der Waals surface area contributed by atoms with Crippen LogP contribution < -0.4 is 10.6 Å². The summed E-state index contributed by atoms with van der Waals surface area (Å²) >= 11 is 0. The van der Waals surface area contributed by atoms with Gasteiger partial charge in [0.05, 0.1) is 62.4 Å². The number of hydrogen-bond donors (Lipinski definition) is 2. The molecule has 0 aromatic heterocycles. The van der Waals surface area contributed by atoms with Crippen molar-refractivity contribution in [2.45, 2.75) is 114 Å². The first-order valence-electron chi connectivity index (χ1n) is 28.0. The van der Waals surface area contributed by atoms with Gasteiger partial charge in [-0.15, -0.1) is 12.3 Å². The van der Waals surface area contributed by atoms with E-state index in [0.717, 1.165) is 45.9 Å². The Balaban J connectivity index is 1.32. The molecule has 0 spiro atoms. The van der Waals surface area contributed by atoms with Crippen LogP contribution in [0.2, 0.25) is 0 Å². The molecule has 0 unspecified atom stereocenters. The molecule has 2 amide bonds. The van der Waals surface area contributed by atoms with Gasteiger partial charge in [0.15, 0.2) is 43.4 Å². The highest BCUT2D eigenvalue weighted by Gasteiger charge is 2.61. The molecule has 0 bridgehead atoms. The SMILES string of the molecule is C#CCCO[C@@H]1O[C@H](CO[C@]2(C(=O)OC)C[C@H](OC(C)=O)[C@@H](NC(=O)COC(C)=O)[C@H]([C@H](OC(C)=O)[C@@H](CNC(=O)Cc3ccc(-c4ccccc4)cc3)OC(C)=O)O2)[C@H](OC(=O)c2ccccc2)[C@H](OC(=O)c2ccccc2)[C@H]1OC(=O)c1ccccc1. The van der Waals surface area contributed by atoms with Crippen LogP contribution in [0.3, 0.4) is 0 Å². The molecule has 2 fully saturated rings. The van der Waals surface area contributed by atoms with E-state index < -0.39 is 153 Å². The number of benzene rings is 5. The van der Waals surface area contributed by atoms with Crippen molar-refractivity contribution in [1.29, 1.82) is 0 Å². The van der Waals surface area contributed by atoms with Crippen molar-refractivity contribution in [3.8, 4) is 23.5 Å². The summed E-state index contributed by atoms with van der Waals surface area (Å²) < 4.78 is 72.0. The largest absolute Gasteiger partial charge is 0.465 e. The van der Waals surface area contributed by atoms with E-state index in [0.29, 0.717) is 5.56 Å². The van der Waals surface area contributed by atoms with E-state index in [2.05, 4.69) is 16.6 Å². The van der Waals surface area contributed by atoms with Gasteiger partial charge in [-0.25, -0.2) is 19.2 Å². The minimum absolute atomic E-state index is 0.00190. The zero-order chi connectivity index (χ0) is 64.0. The maximum absolute atomic E-state index is 14.8. The maximum Gasteiger partial charge on any atom is 0.366 e. The van der Waals surface area contributed by atoms with Crippen LogP contribution in [-0.2, 0) is 96.8 Å². The minimum atomic E-state index is -2.92. The summed E-state index contributed by atoms with van der Waals surface area (Å²) in [6.45, 7) is 1.15. The van der Waals surface area contributed by atoms with Crippen molar-refractivity contribution in [3.63, 3.8) is 0 Å². The molecular weight excluding hydrogens is 1160 g/mol. The molecule has 2 aliphatic heterocycles. The van der Waals surface area contributed by atoms with Gasteiger partial charge in [-0.3, -0.25) is 28.8 Å². The number of carbonyl (C=O) groups is 10. The Morgan fingerprint density at radius 2 is 1.15 bits per heavy atom. The van der Waals surface area contributed by atoms with Crippen LogP contribution in [0.4, 0.5) is 0 Å². The molecule has 24 heteroatoms. The first-order valence-corrected chi connectivity index (χ1v) is 28.0. The number of methoxy groups -OCH3 is 1. The summed E-state index contributed by atoms with van der Waals surface area (Å²) in [7, 11) is 0.928. The molecule has 0 saturated carbocycles. The topological polar surface area (TPSA) is 306 Å². The quantitative estimate of drug-likeness (QED) is 0.0319. The van der Waals surface area contributed by atoms with Gasteiger partial charge in [0.2, 0.25) is 5.91 Å². The summed E-state index contributed by atoms with van der Waals surface area (Å²) in [5.41, 5.74) is 2.41. The molecule has 7 rings (SSSR count). The normalized spacial score (nSPS) is 21.7. The van der Waals surface area contributed by atoms with Crippen LogP contribution in [0.5, 0.6) is 0 Å². The number of rotatable bonds is 26. The van der Waals surface area contributed by atoms with E-state index in [-0.39, 0.29) is 36.1 Å². The van der Waals surface area contributed by atoms with E-state index in [1.165, 1.54) is 36.4 Å². The van der Waals surface area contributed by atoms with Crippen molar-refractivity contribution >= 4 is 59.6 Å². The Labute approximate surface area is 511 Å². The standard InChI is InChI=1S/C65H66N2O22/c1-7-8-33-79-63-59(88-62(76)48-27-19-12-20-28-48)58(87-61(75)47-25-17-11-18-26-47)56(86-60(74)46-23-15-10-16-24-46)51(85-63)37-81-65(64(77)78-6)35-49(82-40(3)69)54(67-53(73)38-80-39(2)68)57(89-65)55(84-42(5)71)50(83-41(4)70)36-66-52(72)34-43-29-31-45(32-30-43)44-21-13-9-14-22-44/h1,9-32,49-51,54-59,63H,8,33-38H2,2-6H3,(H,66,72)(H,67,73)/t49-,50+,51+,54+,55+,56-,57+,58-,59+,63+,65+/m0/s1. The lowest BCUT2D eigenvalue weighted by Gasteiger charge is -2.49. The summed E-state index contributed by atoms with van der Waals surface area (Å²) in [5.74, 6) is -10.5. The van der Waals surface area contributed by atoms with Gasteiger partial charge in [-0.1, -0.05) is 109 Å². The van der Waals surface area contributed by atoms with Crippen LogP contribution >= 0.6 is 0 Å². The van der Waals surface area contributed by atoms with Gasteiger partial charge in [0, 0.05) is 34.1 Å². The highest BCUT2D eigenvalue weighted by atomic mass is 16.8. The van der Waals surface area contributed by atoms with Gasteiger partial charge >= 0.3 is 47.8 Å². The molecule has 5 aromatic rings. The summed E-state index contributed by atoms with van der Waals surface area (Å²) in [6, 6.07) is 37.7. The predicted molar refractivity (Wildman–Crippen MR) is 309 cm³/mol. The highest BCUT2D eigenvalue weighted by molar-refractivity contribution is 5.91. The Hall–Kier alpha value is -9.80. The van der Waals surface area contributed by atoms with Crippen molar-refractivity contribution in [2.24, 2.45) is 0 Å². The van der Waals surface area contributed by atoms with Crippen molar-refractivity contribution in [1.82, 2.24) is 10.6 Å². The summed E-state index contributed by atoms with van der Waals surface area (Å²) in [5, 5.41) is 5.23. The second-order valence-corrected chi connectivity index (χ2v) is 20.2. The Bertz CT molecular complexity index is 3310. The van der Waals surface area contributed by atoms with Crippen molar-refractivity contribution < 1.29 is 105 Å². The van der Waals surface area contributed by atoms with E-state index in [1.54, 1.807) is 66.7 Å². The Kier molecular flexibility index (Phi) is 24.2. The zero-order valence-electron chi connectivity index (χ0n) is 49.1. The number of hydrogen-bond acceptors (Lipinski definition) is 22. The average molecular weight is 1230 g/mol. The number of terminal acetylenes is 1. The minimum Gasteiger partial charge on any atom is -0.465 e. The molecule has 11 atom stereocenters. The van der Waals surface area contributed by atoms with E-state index in [1.807, 2.05) is 42.5 Å². The molecule has 0 radical (unpaired) electrons. The van der Waals surface area contributed by atoms with Gasteiger partial charge < -0.3 is 67.5 Å². The van der Waals surface area contributed by atoms with Gasteiger partial charge in [-0.05, 0) is 53.1 Å². The monoisotopic (exact) mass is 1230 g/mol. The third-order valence-corrected chi connectivity index (χ3v) is 13.7. The molecule has 2 saturated heterocycles. The molecule has 24 nitrogen and oxygen atoms in total. The fraction of sp³-hybridized carbons (Fsp3) is 0.354. The third-order valence-electron chi connectivity index (χ3n) is 13.7. The second kappa shape index (κ2) is 32.3. The molecule has 2 aliphatic rings. The van der Waals surface area contributed by atoms with Crippen molar-refractivity contribution in [3.05, 3.63) is 168 Å². The number of ether oxygens (including phenoxy) is 12. The number of nitrogens with one attached hydrogen (secondary N) is 2. The fourth-order valence-corrected chi connectivity index (χ4v) is 9.74. The molecule has 468 valence electrons. The molecule has 2 heterocycles. The van der Waals surface area contributed by atoms with E-state index in [4.69, 9.17) is 63.3 Å². The predicted octanol–water partition coefficient (Wildman–Crippen LogP) is 4.97. The molecule has 2 N–H and O–H groups in total. The van der Waals surface area contributed by atoms with E-state index in [9.17, 15) is 47.9 Å². The zero-order valence-corrected chi connectivity index (χ0v) is 49.1. The number of carbonyl (C=O) groups excluding carboxylic acids is 10. The van der Waals surface area contributed by atoms with Crippen LogP contribution in [-0.4, -0.2) is 160 Å². The molecular formula is C65H66N2O22. The fourth-order valence-electron chi connectivity index (χ4n) is 9.74. The first-order chi connectivity index (χ1) is 42.8. The smallest absolute Gasteiger partial charge is 0.366 e. The van der Waals surface area contributed by atoms with E-state index >= 15 is 0 Å².